The van der Waals surface area contributed by atoms with Gasteiger partial charge >= 0.3 is 0 Å². The largest absolute Gasteiger partial charge is 0.263 e. The van der Waals surface area contributed by atoms with Crippen molar-refractivity contribution in [1.29, 1.82) is 0 Å². The van der Waals surface area contributed by atoms with E-state index in [1.165, 1.54) is 25.7 Å². The van der Waals surface area contributed by atoms with Gasteiger partial charge in [-0.05, 0) is 19.1 Å². The first kappa shape index (κ1) is 10.0. The predicted octanol–water partition coefficient (Wildman–Crippen LogP) is 2.37. The van der Waals surface area contributed by atoms with E-state index in [2.05, 4.69) is 21.4 Å². The molecule has 1 aromatic heterocycles. The summed E-state index contributed by atoms with van der Waals surface area (Å²) in [5.41, 5.74) is 0. The fourth-order valence-electron chi connectivity index (χ4n) is 1.99. The van der Waals surface area contributed by atoms with Crippen LogP contribution in [-0.4, -0.2) is 27.2 Å². The zero-order valence-electron chi connectivity index (χ0n) is 8.62. The van der Waals surface area contributed by atoms with Gasteiger partial charge in [-0.15, -0.1) is 0 Å². The minimum Gasteiger partial charge on any atom is -0.263 e. The molecule has 0 radical (unpaired) electrons. The maximum absolute atomic E-state index is 4.55. The minimum absolute atomic E-state index is 0.634. The third-order valence-corrected chi connectivity index (χ3v) is 3.42. The second-order valence-corrected chi connectivity index (χ2v) is 4.85. The van der Waals surface area contributed by atoms with Gasteiger partial charge in [0.2, 0.25) is 0 Å². The molecule has 2 rings (SSSR count). The molecule has 1 saturated carbocycles. The first-order valence-electron chi connectivity index (χ1n) is 5.30. The molecule has 0 unspecified atom stereocenters. The van der Waals surface area contributed by atoms with E-state index in [9.17, 15) is 0 Å². The van der Waals surface area contributed by atoms with Crippen molar-refractivity contribution in [3.8, 4) is 0 Å². The van der Waals surface area contributed by atoms with Crippen LogP contribution in [-0.2, 0) is 6.42 Å². The average Bonchev–Trinajstić information content (AvgIpc) is 2.85. The van der Waals surface area contributed by atoms with Gasteiger partial charge in [-0.1, -0.05) is 12.8 Å². The fourth-order valence-corrected chi connectivity index (χ4v) is 2.38. The number of hydrogen-bond donors (Lipinski definition) is 1. The number of rotatable bonds is 4. The minimum atomic E-state index is 0.634. The van der Waals surface area contributed by atoms with Crippen molar-refractivity contribution in [3.63, 3.8) is 0 Å². The number of hydrogen-bond acceptors (Lipinski definition) is 3. The lowest BCUT2D eigenvalue weighted by Crippen LogP contribution is -1.95. The van der Waals surface area contributed by atoms with Crippen molar-refractivity contribution in [2.45, 2.75) is 38.0 Å². The Morgan fingerprint density at radius 2 is 2.21 bits per heavy atom. The van der Waals surface area contributed by atoms with Gasteiger partial charge < -0.3 is 0 Å². The number of nitrogens with zero attached hydrogens (tertiary/aromatic N) is 2. The first-order valence-corrected chi connectivity index (χ1v) is 6.69. The highest BCUT2D eigenvalue weighted by molar-refractivity contribution is 7.98. The Hall–Kier alpha value is -0.510. The summed E-state index contributed by atoms with van der Waals surface area (Å²) in [6, 6.07) is 0. The Morgan fingerprint density at radius 3 is 2.93 bits per heavy atom. The van der Waals surface area contributed by atoms with Crippen LogP contribution in [0.2, 0.25) is 0 Å². The SMILES string of the molecule is CSCCc1nc(C2CCCC2)n[nH]1. The topological polar surface area (TPSA) is 41.6 Å². The van der Waals surface area contributed by atoms with Crippen LogP contribution in [0.1, 0.15) is 43.3 Å². The highest BCUT2D eigenvalue weighted by atomic mass is 32.2. The van der Waals surface area contributed by atoms with Gasteiger partial charge in [-0.2, -0.15) is 16.9 Å². The Morgan fingerprint density at radius 1 is 1.43 bits per heavy atom. The van der Waals surface area contributed by atoms with E-state index < -0.39 is 0 Å². The van der Waals surface area contributed by atoms with Crippen molar-refractivity contribution in [3.05, 3.63) is 11.6 Å². The Bertz CT molecular complexity index is 279. The van der Waals surface area contributed by atoms with Crippen LogP contribution < -0.4 is 0 Å². The predicted molar refractivity (Wildman–Crippen MR) is 59.7 cm³/mol. The van der Waals surface area contributed by atoms with Gasteiger partial charge in [0.15, 0.2) is 5.82 Å². The summed E-state index contributed by atoms with van der Waals surface area (Å²) in [5, 5.41) is 7.35. The van der Waals surface area contributed by atoms with Crippen LogP contribution in [0.3, 0.4) is 0 Å². The molecule has 0 amide bonds. The summed E-state index contributed by atoms with van der Waals surface area (Å²) < 4.78 is 0. The second kappa shape index (κ2) is 4.82. The van der Waals surface area contributed by atoms with Gasteiger partial charge in [-0.25, -0.2) is 4.98 Å². The quantitative estimate of drug-likeness (QED) is 0.831. The van der Waals surface area contributed by atoms with Crippen LogP contribution in [0.15, 0.2) is 0 Å². The van der Waals surface area contributed by atoms with Crippen molar-refractivity contribution >= 4 is 11.8 Å². The van der Waals surface area contributed by atoms with E-state index in [-0.39, 0.29) is 0 Å². The maximum atomic E-state index is 4.55. The number of thioether (sulfide) groups is 1. The normalized spacial score (nSPS) is 17.8. The fraction of sp³-hybridized carbons (Fsp3) is 0.800. The van der Waals surface area contributed by atoms with Gasteiger partial charge in [0.1, 0.15) is 5.82 Å². The van der Waals surface area contributed by atoms with Gasteiger partial charge in [0, 0.05) is 18.1 Å². The lowest BCUT2D eigenvalue weighted by molar-refractivity contribution is 0.671. The molecule has 1 aromatic rings. The monoisotopic (exact) mass is 211 g/mol. The zero-order valence-corrected chi connectivity index (χ0v) is 9.44. The van der Waals surface area contributed by atoms with E-state index in [0.29, 0.717) is 5.92 Å². The molecule has 1 aliphatic carbocycles. The van der Waals surface area contributed by atoms with Crippen molar-refractivity contribution in [2.24, 2.45) is 0 Å². The molecule has 1 aliphatic rings. The van der Waals surface area contributed by atoms with E-state index in [4.69, 9.17) is 0 Å². The summed E-state index contributed by atoms with van der Waals surface area (Å²) in [6.07, 6.45) is 8.38. The molecule has 0 aromatic carbocycles. The Labute approximate surface area is 89.1 Å². The second-order valence-electron chi connectivity index (χ2n) is 3.86. The molecular weight excluding hydrogens is 194 g/mol. The summed E-state index contributed by atoms with van der Waals surface area (Å²) in [6.45, 7) is 0. The van der Waals surface area contributed by atoms with Crippen molar-refractivity contribution in [2.75, 3.05) is 12.0 Å². The van der Waals surface area contributed by atoms with Gasteiger partial charge in [0.05, 0.1) is 0 Å². The maximum Gasteiger partial charge on any atom is 0.153 e. The standard InChI is InChI=1S/C10H17N3S/c1-14-7-6-9-11-10(13-12-9)8-4-2-3-5-8/h8H,2-7H2,1H3,(H,11,12,13). The van der Waals surface area contributed by atoms with E-state index in [0.717, 1.165) is 23.8 Å². The summed E-state index contributed by atoms with van der Waals surface area (Å²) in [7, 11) is 0. The molecule has 14 heavy (non-hydrogen) atoms. The average molecular weight is 211 g/mol. The smallest absolute Gasteiger partial charge is 0.153 e. The van der Waals surface area contributed by atoms with Crippen LogP contribution in [0, 0.1) is 0 Å². The van der Waals surface area contributed by atoms with Gasteiger partial charge in [-0.3, -0.25) is 5.10 Å². The van der Waals surface area contributed by atoms with Crippen molar-refractivity contribution < 1.29 is 0 Å². The van der Waals surface area contributed by atoms with Gasteiger partial charge in [0.25, 0.3) is 0 Å². The first-order chi connectivity index (χ1) is 6.90. The van der Waals surface area contributed by atoms with E-state index >= 15 is 0 Å². The highest BCUT2D eigenvalue weighted by Gasteiger charge is 2.20. The molecule has 1 N–H and O–H groups in total. The number of aryl methyl sites for hydroxylation is 1. The summed E-state index contributed by atoms with van der Waals surface area (Å²) in [4.78, 5) is 4.55. The lowest BCUT2D eigenvalue weighted by Gasteiger charge is -2.00. The number of aromatic nitrogens is 3. The molecule has 3 nitrogen and oxygen atoms in total. The zero-order chi connectivity index (χ0) is 9.80. The molecule has 78 valence electrons. The van der Waals surface area contributed by atoms with E-state index in [1.54, 1.807) is 0 Å². The number of nitrogens with one attached hydrogen (secondary N) is 1. The van der Waals surface area contributed by atoms with Crippen LogP contribution in [0.5, 0.6) is 0 Å². The Kier molecular flexibility index (Phi) is 3.45. The Balaban J connectivity index is 1.94. The molecule has 1 heterocycles. The summed E-state index contributed by atoms with van der Waals surface area (Å²) in [5.74, 6) is 3.87. The van der Waals surface area contributed by atoms with Crippen molar-refractivity contribution in [1.82, 2.24) is 15.2 Å². The molecule has 0 aliphatic heterocycles. The third-order valence-electron chi connectivity index (χ3n) is 2.81. The van der Waals surface area contributed by atoms with Crippen LogP contribution in [0.25, 0.3) is 0 Å². The third kappa shape index (κ3) is 2.29. The molecule has 0 saturated heterocycles. The molecule has 1 fully saturated rings. The van der Waals surface area contributed by atoms with Crippen LogP contribution in [0.4, 0.5) is 0 Å². The summed E-state index contributed by atoms with van der Waals surface area (Å²) >= 11 is 1.85. The number of aromatic amines is 1. The molecular formula is C10H17N3S. The number of H-pyrrole nitrogens is 1. The molecule has 0 bridgehead atoms. The van der Waals surface area contributed by atoms with E-state index in [1.807, 2.05) is 11.8 Å². The lowest BCUT2D eigenvalue weighted by atomic mass is 10.1. The molecule has 4 heteroatoms. The molecule has 0 spiro atoms. The highest BCUT2D eigenvalue weighted by Crippen LogP contribution is 2.31. The molecule has 0 atom stereocenters. The van der Waals surface area contributed by atoms with Crippen LogP contribution >= 0.6 is 11.8 Å².